The number of halogens is 3. The Labute approximate surface area is 119 Å². The Balaban J connectivity index is 2.11. The summed E-state index contributed by atoms with van der Waals surface area (Å²) in [4.78, 5) is 11.8. The Morgan fingerprint density at radius 2 is 2.00 bits per heavy atom. The third-order valence-corrected chi connectivity index (χ3v) is 2.96. The van der Waals surface area contributed by atoms with Crippen LogP contribution in [0.1, 0.15) is 5.56 Å². The summed E-state index contributed by atoms with van der Waals surface area (Å²) in [7, 11) is 0. The number of rotatable bonds is 3. The van der Waals surface area contributed by atoms with Gasteiger partial charge in [-0.25, -0.2) is 8.78 Å². The number of hydrogen-bond acceptors (Lipinski definition) is 2. The average molecular weight is 297 g/mol. The van der Waals surface area contributed by atoms with Gasteiger partial charge in [-0.1, -0.05) is 23.7 Å². The van der Waals surface area contributed by atoms with Crippen molar-refractivity contribution in [3.05, 3.63) is 58.6 Å². The molecule has 0 spiro atoms. The van der Waals surface area contributed by atoms with Gasteiger partial charge in [0.05, 0.1) is 17.1 Å². The molecule has 0 heterocycles. The van der Waals surface area contributed by atoms with E-state index in [4.69, 9.17) is 17.3 Å². The van der Waals surface area contributed by atoms with E-state index >= 15 is 0 Å². The van der Waals surface area contributed by atoms with Crippen molar-refractivity contribution in [2.75, 3.05) is 11.1 Å². The summed E-state index contributed by atoms with van der Waals surface area (Å²) in [6.45, 7) is 0. The number of nitrogens with one attached hydrogen (secondary N) is 1. The summed E-state index contributed by atoms with van der Waals surface area (Å²) in [6.07, 6.45) is -0.287. The number of benzene rings is 2. The van der Waals surface area contributed by atoms with Crippen molar-refractivity contribution in [2.45, 2.75) is 6.42 Å². The quantitative estimate of drug-likeness (QED) is 0.853. The van der Waals surface area contributed by atoms with E-state index in [1.54, 1.807) is 6.07 Å². The molecule has 20 heavy (non-hydrogen) atoms. The van der Waals surface area contributed by atoms with E-state index in [1.165, 1.54) is 24.3 Å². The summed E-state index contributed by atoms with van der Waals surface area (Å²) >= 11 is 5.90. The molecule has 0 saturated carbocycles. The molecule has 3 nitrogen and oxygen atoms in total. The zero-order valence-corrected chi connectivity index (χ0v) is 11.0. The van der Waals surface area contributed by atoms with Crippen molar-refractivity contribution in [1.82, 2.24) is 0 Å². The molecule has 0 aliphatic rings. The van der Waals surface area contributed by atoms with Crippen molar-refractivity contribution in [3.8, 4) is 0 Å². The van der Waals surface area contributed by atoms with Crippen LogP contribution in [0, 0.1) is 11.6 Å². The minimum atomic E-state index is -1.02. The molecular formula is C14H11ClF2N2O. The number of hydrogen-bond donors (Lipinski definition) is 2. The van der Waals surface area contributed by atoms with Gasteiger partial charge >= 0.3 is 0 Å². The van der Waals surface area contributed by atoms with Gasteiger partial charge < -0.3 is 11.1 Å². The molecule has 2 aromatic rings. The predicted octanol–water partition coefficient (Wildman–Crippen LogP) is 3.38. The maximum Gasteiger partial charge on any atom is 0.228 e. The molecule has 0 saturated heterocycles. The molecule has 3 N–H and O–H groups in total. The molecule has 0 atom stereocenters. The SMILES string of the molecule is Nc1ccc(NC(=O)Cc2cccc(F)c2F)c(Cl)c1. The molecular weight excluding hydrogens is 286 g/mol. The van der Waals surface area contributed by atoms with Gasteiger partial charge in [-0.05, 0) is 24.3 Å². The fourth-order valence-electron chi connectivity index (χ4n) is 1.69. The Hall–Kier alpha value is -2.14. The lowest BCUT2D eigenvalue weighted by Gasteiger charge is -2.08. The second-order valence-corrected chi connectivity index (χ2v) is 4.58. The van der Waals surface area contributed by atoms with Crippen LogP contribution in [-0.2, 0) is 11.2 Å². The molecule has 1 amide bonds. The molecule has 104 valence electrons. The van der Waals surface area contributed by atoms with Crippen molar-refractivity contribution in [3.63, 3.8) is 0 Å². The summed E-state index contributed by atoms with van der Waals surface area (Å²) in [6, 6.07) is 8.29. The summed E-state index contributed by atoms with van der Waals surface area (Å²) in [5, 5.41) is 2.79. The highest BCUT2D eigenvalue weighted by Crippen LogP contribution is 2.24. The van der Waals surface area contributed by atoms with E-state index in [0.717, 1.165) is 6.07 Å². The minimum absolute atomic E-state index is 0.0194. The van der Waals surface area contributed by atoms with Gasteiger partial charge in [-0.15, -0.1) is 0 Å². The number of carbonyl (C=O) groups excluding carboxylic acids is 1. The first-order chi connectivity index (χ1) is 9.47. The Bertz CT molecular complexity index is 662. The number of nitrogen functional groups attached to an aromatic ring is 1. The second-order valence-electron chi connectivity index (χ2n) is 4.18. The summed E-state index contributed by atoms with van der Waals surface area (Å²) in [5.74, 6) is -2.51. The number of anilines is 2. The molecule has 0 unspecified atom stereocenters. The van der Waals surface area contributed by atoms with Crippen LogP contribution in [0.2, 0.25) is 5.02 Å². The first kappa shape index (κ1) is 14.3. The molecule has 0 bridgehead atoms. The van der Waals surface area contributed by atoms with E-state index < -0.39 is 17.5 Å². The Kier molecular flexibility index (Phi) is 4.20. The number of carbonyl (C=O) groups is 1. The van der Waals surface area contributed by atoms with Crippen LogP contribution in [0.4, 0.5) is 20.2 Å². The van der Waals surface area contributed by atoms with Gasteiger partial charge in [0.2, 0.25) is 5.91 Å². The third kappa shape index (κ3) is 3.24. The molecule has 0 aromatic heterocycles. The molecule has 0 aliphatic heterocycles. The van der Waals surface area contributed by atoms with Gasteiger partial charge in [-0.2, -0.15) is 0 Å². The zero-order chi connectivity index (χ0) is 14.7. The topological polar surface area (TPSA) is 55.1 Å². The summed E-state index contributed by atoms with van der Waals surface area (Å²) in [5.41, 5.74) is 6.34. The van der Waals surface area contributed by atoms with Gasteiger partial charge in [0.15, 0.2) is 11.6 Å². The van der Waals surface area contributed by atoms with E-state index in [1.807, 2.05) is 0 Å². The monoisotopic (exact) mass is 296 g/mol. The molecule has 2 aromatic carbocycles. The normalized spacial score (nSPS) is 10.3. The van der Waals surface area contributed by atoms with Crippen molar-refractivity contribution < 1.29 is 13.6 Å². The fraction of sp³-hybridized carbons (Fsp3) is 0.0714. The minimum Gasteiger partial charge on any atom is -0.399 e. The van der Waals surface area contributed by atoms with Crippen molar-refractivity contribution in [1.29, 1.82) is 0 Å². The van der Waals surface area contributed by atoms with Crippen molar-refractivity contribution >= 4 is 28.9 Å². The number of nitrogens with two attached hydrogens (primary N) is 1. The highest BCUT2D eigenvalue weighted by atomic mass is 35.5. The van der Waals surface area contributed by atoms with Crippen LogP contribution in [0.5, 0.6) is 0 Å². The molecule has 2 rings (SSSR count). The van der Waals surface area contributed by atoms with Crippen LogP contribution in [-0.4, -0.2) is 5.91 Å². The zero-order valence-electron chi connectivity index (χ0n) is 10.3. The van der Waals surface area contributed by atoms with E-state index in [2.05, 4.69) is 5.32 Å². The lowest BCUT2D eigenvalue weighted by atomic mass is 10.1. The van der Waals surface area contributed by atoms with Crippen LogP contribution < -0.4 is 11.1 Å². The third-order valence-electron chi connectivity index (χ3n) is 2.65. The highest BCUT2D eigenvalue weighted by molar-refractivity contribution is 6.34. The first-order valence-electron chi connectivity index (χ1n) is 5.75. The van der Waals surface area contributed by atoms with Gasteiger partial charge in [-0.3, -0.25) is 4.79 Å². The maximum atomic E-state index is 13.4. The predicted molar refractivity (Wildman–Crippen MR) is 74.6 cm³/mol. The smallest absolute Gasteiger partial charge is 0.228 e. The Morgan fingerprint density at radius 3 is 2.70 bits per heavy atom. The average Bonchev–Trinajstić information content (AvgIpc) is 2.38. The molecule has 0 fully saturated rings. The molecule has 6 heteroatoms. The van der Waals surface area contributed by atoms with Gasteiger partial charge in [0, 0.05) is 11.3 Å². The largest absolute Gasteiger partial charge is 0.399 e. The van der Waals surface area contributed by atoms with E-state index in [0.29, 0.717) is 11.4 Å². The van der Waals surface area contributed by atoms with Crippen molar-refractivity contribution in [2.24, 2.45) is 0 Å². The molecule has 0 aliphatic carbocycles. The van der Waals surface area contributed by atoms with Crippen LogP contribution in [0.25, 0.3) is 0 Å². The van der Waals surface area contributed by atoms with Crippen LogP contribution >= 0.6 is 11.6 Å². The fourth-order valence-corrected chi connectivity index (χ4v) is 1.92. The van der Waals surface area contributed by atoms with Gasteiger partial charge in [0.1, 0.15) is 0 Å². The van der Waals surface area contributed by atoms with Crippen LogP contribution in [0.3, 0.4) is 0 Å². The van der Waals surface area contributed by atoms with E-state index in [-0.39, 0.29) is 17.0 Å². The first-order valence-corrected chi connectivity index (χ1v) is 6.13. The number of amides is 1. The lowest BCUT2D eigenvalue weighted by Crippen LogP contribution is -2.15. The highest BCUT2D eigenvalue weighted by Gasteiger charge is 2.12. The van der Waals surface area contributed by atoms with Gasteiger partial charge in [0.25, 0.3) is 0 Å². The Morgan fingerprint density at radius 1 is 1.25 bits per heavy atom. The second kappa shape index (κ2) is 5.88. The lowest BCUT2D eigenvalue weighted by molar-refractivity contribution is -0.115. The van der Waals surface area contributed by atoms with Crippen LogP contribution in [0.15, 0.2) is 36.4 Å². The maximum absolute atomic E-state index is 13.4. The summed E-state index contributed by atoms with van der Waals surface area (Å²) < 4.78 is 26.5. The van der Waals surface area contributed by atoms with E-state index in [9.17, 15) is 13.6 Å². The molecule has 0 radical (unpaired) electrons. The standard InChI is InChI=1S/C14H11ClF2N2O/c15-10-7-9(18)4-5-12(10)19-13(20)6-8-2-1-3-11(16)14(8)17/h1-5,7H,6,18H2,(H,19,20).